The van der Waals surface area contributed by atoms with Gasteiger partial charge in [-0.25, -0.2) is 8.42 Å². The quantitative estimate of drug-likeness (QED) is 0.656. The molecule has 0 atom stereocenters. The second kappa shape index (κ2) is 6.48. The Bertz CT molecular complexity index is 1080. The summed E-state index contributed by atoms with van der Waals surface area (Å²) in [5.74, 6) is 0.254. The lowest BCUT2D eigenvalue weighted by molar-refractivity contribution is 0.411. The second-order valence-corrected chi connectivity index (χ2v) is 9.92. The summed E-state index contributed by atoms with van der Waals surface area (Å²) in [6.45, 7) is 1.73. The van der Waals surface area contributed by atoms with Crippen LogP contribution in [0.25, 0.3) is 9.40 Å². The lowest BCUT2D eigenvalue weighted by atomic mass is 10.2. The van der Waals surface area contributed by atoms with Gasteiger partial charge in [0.05, 0.1) is 22.5 Å². The van der Waals surface area contributed by atoms with E-state index in [9.17, 15) is 13.2 Å². The van der Waals surface area contributed by atoms with Crippen molar-refractivity contribution in [2.45, 2.75) is 17.6 Å². The van der Waals surface area contributed by atoms with Gasteiger partial charge in [0, 0.05) is 15.3 Å². The first kappa shape index (κ1) is 17.4. The average molecular weight is 401 g/mol. The fourth-order valence-electron chi connectivity index (χ4n) is 2.48. The molecule has 1 heterocycles. The summed E-state index contributed by atoms with van der Waals surface area (Å²) >= 11 is 8.17. The Morgan fingerprint density at radius 1 is 1.12 bits per heavy atom. The Hall–Kier alpha value is -1.41. The molecular formula is C16H13ClO4S3. The SMILES string of the molecule is COc1ccc(Cl)cc1CS(=O)(=O)c1cc2sc(=O)sc2cc1C. The van der Waals surface area contributed by atoms with Gasteiger partial charge in [-0.3, -0.25) is 4.79 Å². The lowest BCUT2D eigenvalue weighted by Crippen LogP contribution is -2.08. The maximum Gasteiger partial charge on any atom is 0.288 e. The van der Waals surface area contributed by atoms with Crippen molar-refractivity contribution < 1.29 is 13.2 Å². The number of rotatable bonds is 4. The molecule has 0 N–H and O–H groups in total. The minimum atomic E-state index is -3.60. The number of sulfone groups is 1. The number of methoxy groups -OCH3 is 1. The van der Waals surface area contributed by atoms with Gasteiger partial charge in [0.25, 0.3) is 4.06 Å². The highest BCUT2D eigenvalue weighted by Gasteiger charge is 2.21. The molecule has 2 aromatic carbocycles. The summed E-state index contributed by atoms with van der Waals surface area (Å²) in [7, 11) is -2.12. The molecule has 24 heavy (non-hydrogen) atoms. The highest BCUT2D eigenvalue weighted by molar-refractivity contribution is 7.90. The first-order chi connectivity index (χ1) is 11.3. The van der Waals surface area contributed by atoms with Gasteiger partial charge in [-0.15, -0.1) is 0 Å². The van der Waals surface area contributed by atoms with Gasteiger partial charge in [-0.1, -0.05) is 34.3 Å². The summed E-state index contributed by atoms with van der Waals surface area (Å²) in [5.41, 5.74) is 1.13. The van der Waals surface area contributed by atoms with E-state index in [0.717, 1.165) is 27.4 Å². The molecule has 0 aliphatic carbocycles. The first-order valence-corrected chi connectivity index (χ1v) is 10.6. The zero-order valence-corrected chi connectivity index (χ0v) is 16.0. The number of halogens is 1. The molecule has 0 bridgehead atoms. The van der Waals surface area contributed by atoms with E-state index in [1.807, 2.05) is 0 Å². The van der Waals surface area contributed by atoms with Crippen LogP contribution in [-0.2, 0) is 15.6 Å². The van der Waals surface area contributed by atoms with E-state index in [-0.39, 0.29) is 14.7 Å². The van der Waals surface area contributed by atoms with Crippen LogP contribution < -0.4 is 8.79 Å². The highest BCUT2D eigenvalue weighted by Crippen LogP contribution is 2.31. The number of benzene rings is 2. The molecule has 0 fully saturated rings. The smallest absolute Gasteiger partial charge is 0.288 e. The maximum absolute atomic E-state index is 12.9. The Kier molecular flexibility index (Phi) is 4.70. The molecule has 0 radical (unpaired) electrons. The largest absolute Gasteiger partial charge is 0.496 e. The molecule has 126 valence electrons. The molecule has 0 aliphatic heterocycles. The molecule has 0 amide bonds. The van der Waals surface area contributed by atoms with Crippen LogP contribution in [-0.4, -0.2) is 15.5 Å². The minimum Gasteiger partial charge on any atom is -0.496 e. The number of fused-ring (bicyclic) bond motifs is 1. The average Bonchev–Trinajstić information content (AvgIpc) is 2.85. The van der Waals surface area contributed by atoms with Gasteiger partial charge in [-0.05, 0) is 42.8 Å². The van der Waals surface area contributed by atoms with Crippen LogP contribution in [0, 0.1) is 6.92 Å². The van der Waals surface area contributed by atoms with Crippen molar-refractivity contribution in [3.8, 4) is 5.75 Å². The minimum absolute atomic E-state index is 0.0459. The third kappa shape index (κ3) is 3.35. The molecular weight excluding hydrogens is 388 g/mol. The zero-order valence-electron chi connectivity index (χ0n) is 12.8. The fraction of sp³-hybridized carbons (Fsp3) is 0.188. The van der Waals surface area contributed by atoms with Crippen molar-refractivity contribution >= 4 is 53.5 Å². The highest BCUT2D eigenvalue weighted by atomic mass is 35.5. The predicted molar refractivity (Wildman–Crippen MR) is 99.6 cm³/mol. The maximum atomic E-state index is 12.9. The third-order valence-corrected chi connectivity index (χ3v) is 7.66. The Labute approximate surface area is 152 Å². The lowest BCUT2D eigenvalue weighted by Gasteiger charge is -2.11. The predicted octanol–water partition coefficient (Wildman–Crippen LogP) is 4.27. The van der Waals surface area contributed by atoms with E-state index >= 15 is 0 Å². The molecule has 8 heteroatoms. The Balaban J connectivity index is 2.10. The molecule has 0 aliphatic rings. The van der Waals surface area contributed by atoms with E-state index in [1.54, 1.807) is 37.3 Å². The fourth-order valence-corrected chi connectivity index (χ4v) is 6.43. The normalized spacial score (nSPS) is 11.8. The van der Waals surface area contributed by atoms with Crippen molar-refractivity contribution in [1.29, 1.82) is 0 Å². The van der Waals surface area contributed by atoms with Crippen molar-refractivity contribution in [3.63, 3.8) is 0 Å². The molecule has 0 unspecified atom stereocenters. The van der Waals surface area contributed by atoms with E-state index in [4.69, 9.17) is 16.3 Å². The van der Waals surface area contributed by atoms with Gasteiger partial charge in [0.1, 0.15) is 5.75 Å². The second-order valence-electron chi connectivity index (χ2n) is 5.23. The topological polar surface area (TPSA) is 60.4 Å². The van der Waals surface area contributed by atoms with Crippen molar-refractivity contribution in [1.82, 2.24) is 0 Å². The first-order valence-electron chi connectivity index (χ1n) is 6.89. The molecule has 0 saturated heterocycles. The van der Waals surface area contributed by atoms with Gasteiger partial charge in [-0.2, -0.15) is 0 Å². The van der Waals surface area contributed by atoms with E-state index in [1.165, 1.54) is 7.11 Å². The molecule has 4 nitrogen and oxygen atoms in total. The number of aryl methyl sites for hydroxylation is 1. The van der Waals surface area contributed by atoms with Crippen LogP contribution in [0.4, 0.5) is 0 Å². The third-order valence-electron chi connectivity index (χ3n) is 3.55. The standard InChI is InChI=1S/C16H13ClO4S3/c1-9-5-13-14(23-16(18)22-13)7-15(9)24(19,20)8-10-6-11(17)3-4-12(10)21-2/h3-7H,8H2,1-2H3. The van der Waals surface area contributed by atoms with Gasteiger partial charge in [0.2, 0.25) is 0 Å². The van der Waals surface area contributed by atoms with Crippen molar-refractivity contribution in [2.75, 3.05) is 7.11 Å². The van der Waals surface area contributed by atoms with Gasteiger partial charge >= 0.3 is 0 Å². The van der Waals surface area contributed by atoms with E-state index < -0.39 is 9.84 Å². The number of hydrogen-bond acceptors (Lipinski definition) is 6. The van der Waals surface area contributed by atoms with Crippen molar-refractivity contribution in [2.24, 2.45) is 0 Å². The summed E-state index contributed by atoms with van der Waals surface area (Å²) < 4.78 is 32.4. The molecule has 0 spiro atoms. The summed E-state index contributed by atoms with van der Waals surface area (Å²) in [5, 5.41) is 0.448. The van der Waals surface area contributed by atoms with Gasteiger partial charge < -0.3 is 4.74 Å². The van der Waals surface area contributed by atoms with Gasteiger partial charge in [0.15, 0.2) is 9.84 Å². The van der Waals surface area contributed by atoms with Crippen LogP contribution in [0.15, 0.2) is 40.0 Å². The van der Waals surface area contributed by atoms with Crippen molar-refractivity contribution in [3.05, 3.63) is 55.3 Å². The Morgan fingerprint density at radius 3 is 2.46 bits per heavy atom. The van der Waals surface area contributed by atoms with Crippen LogP contribution in [0.3, 0.4) is 0 Å². The summed E-state index contributed by atoms with van der Waals surface area (Å²) in [4.78, 5) is 11.8. The Morgan fingerprint density at radius 2 is 1.79 bits per heavy atom. The van der Waals surface area contributed by atoms with Crippen LogP contribution in [0.1, 0.15) is 11.1 Å². The molecule has 1 aromatic heterocycles. The summed E-state index contributed by atoms with van der Waals surface area (Å²) in [6.07, 6.45) is 0. The molecule has 0 saturated carbocycles. The molecule has 3 aromatic rings. The van der Waals surface area contributed by atoms with Crippen LogP contribution in [0.5, 0.6) is 5.75 Å². The number of hydrogen-bond donors (Lipinski definition) is 0. The monoisotopic (exact) mass is 400 g/mol. The summed E-state index contributed by atoms with van der Waals surface area (Å²) in [6, 6.07) is 8.22. The van der Waals surface area contributed by atoms with Crippen LogP contribution >= 0.6 is 34.3 Å². The van der Waals surface area contributed by atoms with E-state index in [2.05, 4.69) is 0 Å². The number of ether oxygens (including phenoxy) is 1. The molecule has 3 rings (SSSR count). The zero-order chi connectivity index (χ0) is 17.5. The van der Waals surface area contributed by atoms with E-state index in [0.29, 0.717) is 26.6 Å². The van der Waals surface area contributed by atoms with Crippen LogP contribution in [0.2, 0.25) is 5.02 Å².